The van der Waals surface area contributed by atoms with Crippen molar-refractivity contribution in [2.45, 2.75) is 6.42 Å². The second-order valence-electron chi connectivity index (χ2n) is 2.38. The first-order valence-corrected chi connectivity index (χ1v) is 4.82. The van der Waals surface area contributed by atoms with Crippen LogP contribution >= 0.6 is 27.5 Å². The van der Waals surface area contributed by atoms with Crippen LogP contribution in [0.2, 0.25) is 5.02 Å². The maximum absolute atomic E-state index is 13.2. The summed E-state index contributed by atoms with van der Waals surface area (Å²) in [7, 11) is 0. The third-order valence-corrected chi connectivity index (χ3v) is 2.23. The third-order valence-electron chi connectivity index (χ3n) is 1.39. The van der Waals surface area contributed by atoms with Crippen LogP contribution in [0.1, 0.15) is 12.0 Å². The molecule has 0 bridgehead atoms. The summed E-state index contributed by atoms with van der Waals surface area (Å²) in [6.07, 6.45) is 0.0779. The molecule has 1 aromatic rings. The lowest BCUT2D eigenvalue weighted by Crippen LogP contribution is -1.85. The van der Waals surface area contributed by atoms with E-state index in [1.54, 1.807) is 6.07 Å². The van der Waals surface area contributed by atoms with Gasteiger partial charge in [0.2, 0.25) is 0 Å². The van der Waals surface area contributed by atoms with Crippen LogP contribution in [0.3, 0.4) is 0 Å². The Bertz CT molecular complexity index is 430. The Balaban J connectivity index is 3.12. The molecule has 0 aliphatic heterocycles. The first kappa shape index (κ1) is 11.0. The van der Waals surface area contributed by atoms with Crippen LogP contribution in [0.25, 0.3) is 0 Å². The molecule has 70 valence electrons. The molecule has 0 radical (unpaired) electrons. The lowest BCUT2D eigenvalue weighted by Gasteiger charge is -1.98. The van der Waals surface area contributed by atoms with E-state index in [1.807, 2.05) is 6.07 Å². The smallest absolute Gasteiger partial charge is 0.141 e. The van der Waals surface area contributed by atoms with E-state index in [0.29, 0.717) is 9.50 Å². The highest BCUT2D eigenvalue weighted by Crippen LogP contribution is 2.23. The van der Waals surface area contributed by atoms with Gasteiger partial charge in [0, 0.05) is 9.50 Å². The Labute approximate surface area is 94.6 Å². The van der Waals surface area contributed by atoms with Gasteiger partial charge in [0.15, 0.2) is 0 Å². The van der Waals surface area contributed by atoms with Gasteiger partial charge in [-0.2, -0.15) is 5.26 Å². The van der Waals surface area contributed by atoms with Gasteiger partial charge in [-0.3, -0.25) is 0 Å². The van der Waals surface area contributed by atoms with E-state index in [0.717, 1.165) is 0 Å². The highest BCUT2D eigenvalue weighted by Gasteiger charge is 2.05. The first-order chi connectivity index (χ1) is 6.65. The quantitative estimate of drug-likeness (QED) is 0.663. The molecule has 0 N–H and O–H groups in total. The van der Waals surface area contributed by atoms with Crippen molar-refractivity contribution in [2.75, 3.05) is 0 Å². The SMILES string of the molecule is N#CCC#Cc1c(F)cc(Cl)cc1Br. The fraction of sp³-hybridized carbons (Fsp3) is 0.100. The molecule has 0 aliphatic carbocycles. The van der Waals surface area contributed by atoms with E-state index in [9.17, 15) is 4.39 Å². The molecule has 1 rings (SSSR count). The summed E-state index contributed by atoms with van der Waals surface area (Å²) in [6.45, 7) is 0. The molecule has 0 amide bonds. The van der Waals surface area contributed by atoms with E-state index in [2.05, 4.69) is 27.8 Å². The van der Waals surface area contributed by atoms with Crippen molar-refractivity contribution >= 4 is 27.5 Å². The van der Waals surface area contributed by atoms with Gasteiger partial charge in [-0.1, -0.05) is 23.4 Å². The van der Waals surface area contributed by atoms with Crippen LogP contribution in [-0.4, -0.2) is 0 Å². The molecule has 0 saturated heterocycles. The Morgan fingerprint density at radius 1 is 1.50 bits per heavy atom. The summed E-state index contributed by atoms with van der Waals surface area (Å²) < 4.78 is 13.7. The van der Waals surface area contributed by atoms with Gasteiger partial charge in [-0.25, -0.2) is 4.39 Å². The van der Waals surface area contributed by atoms with Gasteiger partial charge in [0.05, 0.1) is 18.1 Å². The predicted molar refractivity (Wildman–Crippen MR) is 56.2 cm³/mol. The maximum Gasteiger partial charge on any atom is 0.141 e. The van der Waals surface area contributed by atoms with Crippen LogP contribution < -0.4 is 0 Å². The fourth-order valence-electron chi connectivity index (χ4n) is 0.834. The standard InChI is InChI=1S/C10H4BrClFN/c11-9-5-7(12)6-10(13)8(9)3-1-2-4-14/h5-6H,2H2. The molecule has 0 unspecified atom stereocenters. The number of hydrogen-bond acceptors (Lipinski definition) is 1. The summed E-state index contributed by atoms with van der Waals surface area (Å²) in [5.41, 5.74) is 0.227. The van der Waals surface area contributed by atoms with Crippen molar-refractivity contribution in [1.82, 2.24) is 0 Å². The van der Waals surface area contributed by atoms with Crippen molar-refractivity contribution in [3.05, 3.63) is 33.0 Å². The molecule has 0 aromatic heterocycles. The highest BCUT2D eigenvalue weighted by molar-refractivity contribution is 9.10. The molecule has 0 saturated carbocycles. The van der Waals surface area contributed by atoms with Gasteiger partial charge < -0.3 is 0 Å². The van der Waals surface area contributed by atoms with Gasteiger partial charge in [-0.15, -0.1) is 0 Å². The van der Waals surface area contributed by atoms with E-state index < -0.39 is 5.82 Å². The Kier molecular flexibility index (Phi) is 3.95. The van der Waals surface area contributed by atoms with Crippen molar-refractivity contribution in [1.29, 1.82) is 5.26 Å². The van der Waals surface area contributed by atoms with Crippen LogP contribution in [0.5, 0.6) is 0 Å². The predicted octanol–water partition coefficient (Wildman–Crippen LogP) is 3.51. The summed E-state index contributed by atoms with van der Waals surface area (Å²) in [5, 5.41) is 8.55. The largest absolute Gasteiger partial charge is 0.206 e. The van der Waals surface area contributed by atoms with E-state index in [1.165, 1.54) is 6.07 Å². The number of nitriles is 1. The molecule has 0 spiro atoms. The highest BCUT2D eigenvalue weighted by atomic mass is 79.9. The van der Waals surface area contributed by atoms with Gasteiger partial charge in [0.25, 0.3) is 0 Å². The van der Waals surface area contributed by atoms with Crippen molar-refractivity contribution < 1.29 is 4.39 Å². The molecular weight excluding hydrogens is 268 g/mol. The number of nitrogens with zero attached hydrogens (tertiary/aromatic N) is 1. The minimum Gasteiger partial charge on any atom is -0.206 e. The number of hydrogen-bond donors (Lipinski definition) is 0. The van der Waals surface area contributed by atoms with Gasteiger partial charge in [0.1, 0.15) is 5.82 Å². The lowest BCUT2D eigenvalue weighted by molar-refractivity contribution is 0.623. The van der Waals surface area contributed by atoms with Crippen molar-refractivity contribution in [3.8, 4) is 17.9 Å². The minimum atomic E-state index is -0.491. The summed E-state index contributed by atoms with van der Waals surface area (Å²) >= 11 is 8.75. The van der Waals surface area contributed by atoms with Crippen LogP contribution in [0.4, 0.5) is 4.39 Å². The van der Waals surface area contributed by atoms with Crippen LogP contribution in [-0.2, 0) is 0 Å². The molecule has 4 heteroatoms. The summed E-state index contributed by atoms with van der Waals surface area (Å²) in [4.78, 5) is 0. The van der Waals surface area contributed by atoms with E-state index in [-0.39, 0.29) is 12.0 Å². The van der Waals surface area contributed by atoms with Crippen molar-refractivity contribution in [3.63, 3.8) is 0 Å². The topological polar surface area (TPSA) is 23.8 Å². The zero-order valence-corrected chi connectivity index (χ0v) is 9.28. The maximum atomic E-state index is 13.2. The third kappa shape index (κ3) is 2.73. The molecule has 0 atom stereocenters. The molecule has 14 heavy (non-hydrogen) atoms. The second-order valence-corrected chi connectivity index (χ2v) is 3.67. The van der Waals surface area contributed by atoms with Gasteiger partial charge in [-0.05, 0) is 28.1 Å². The zero-order chi connectivity index (χ0) is 10.6. The van der Waals surface area contributed by atoms with Crippen LogP contribution in [0, 0.1) is 29.0 Å². The van der Waals surface area contributed by atoms with E-state index >= 15 is 0 Å². The van der Waals surface area contributed by atoms with Crippen molar-refractivity contribution in [2.24, 2.45) is 0 Å². The Hall–Kier alpha value is -1.03. The fourth-order valence-corrected chi connectivity index (χ4v) is 1.71. The molecule has 1 aromatic carbocycles. The second kappa shape index (κ2) is 5.00. The lowest BCUT2D eigenvalue weighted by atomic mass is 10.2. The average Bonchev–Trinajstić information content (AvgIpc) is 2.09. The average molecular weight is 273 g/mol. The first-order valence-electron chi connectivity index (χ1n) is 3.65. The minimum absolute atomic E-state index is 0.0779. The molecular formula is C10H4BrClFN. The molecule has 0 fully saturated rings. The van der Waals surface area contributed by atoms with Crippen LogP contribution in [0.15, 0.2) is 16.6 Å². The molecule has 0 aliphatic rings. The van der Waals surface area contributed by atoms with E-state index in [4.69, 9.17) is 16.9 Å². The number of benzene rings is 1. The normalized spacial score (nSPS) is 8.71. The Morgan fingerprint density at radius 2 is 2.21 bits per heavy atom. The monoisotopic (exact) mass is 271 g/mol. The Morgan fingerprint density at radius 3 is 2.79 bits per heavy atom. The van der Waals surface area contributed by atoms with Gasteiger partial charge >= 0.3 is 0 Å². The zero-order valence-electron chi connectivity index (χ0n) is 6.94. The summed E-state index contributed by atoms with van der Waals surface area (Å²) in [6, 6.07) is 4.59. The number of halogens is 3. The molecule has 0 heterocycles. The summed E-state index contributed by atoms with van der Waals surface area (Å²) in [5.74, 6) is 4.59. The molecule has 1 nitrogen and oxygen atoms in total. The number of rotatable bonds is 0.